The number of anilines is 4. The lowest BCUT2D eigenvalue weighted by atomic mass is 9.86. The lowest BCUT2D eigenvalue weighted by Gasteiger charge is -2.34. The molecule has 1 saturated heterocycles. The number of fused-ring (bicyclic) bond motifs is 2. The van der Waals surface area contributed by atoms with E-state index in [1.54, 1.807) is 30.3 Å². The molecule has 2 aliphatic rings. The molecule has 1 aromatic heterocycles. The molecule has 5 aromatic rings. The van der Waals surface area contributed by atoms with Crippen LogP contribution in [0.25, 0.3) is 22.2 Å². The SMILES string of the molecule is O=C1c2ccccc2-c2onc3c(N4CCC[C@H](C(=O)NCCCOCCOCCOCCCNc5ccc([N+](=O)[O-])cc5[N+](=O)[O-])C4)cc(Nc4cccc(S(=O)(=O)O)c4)c1c23. The highest BCUT2D eigenvalue weighted by molar-refractivity contribution is 7.85. The normalized spacial score (nSPS) is 14.7. The second-order valence-corrected chi connectivity index (χ2v) is 16.2. The topological polar surface area (TPSA) is 268 Å². The summed E-state index contributed by atoms with van der Waals surface area (Å²) in [5.41, 5.74) is 2.66. The molecule has 0 spiro atoms. The smallest absolute Gasteiger partial charge is 0.299 e. The molecule has 0 saturated carbocycles. The molecule has 21 heteroatoms. The van der Waals surface area contributed by atoms with Gasteiger partial charge < -0.3 is 39.6 Å². The summed E-state index contributed by atoms with van der Waals surface area (Å²) < 4.78 is 56.1. The van der Waals surface area contributed by atoms with Crippen molar-refractivity contribution in [1.29, 1.82) is 0 Å². The number of ketones is 1. The molecule has 4 N–H and O–H groups in total. The van der Waals surface area contributed by atoms with E-state index in [-0.39, 0.29) is 39.6 Å². The number of aromatic nitrogens is 1. The third kappa shape index (κ3) is 10.6. The van der Waals surface area contributed by atoms with E-state index in [4.69, 9.17) is 18.7 Å². The Hall–Kier alpha value is -6.52. The Morgan fingerprint density at radius 3 is 2.30 bits per heavy atom. The Morgan fingerprint density at radius 2 is 1.59 bits per heavy atom. The maximum Gasteiger partial charge on any atom is 0.299 e. The van der Waals surface area contributed by atoms with Crippen molar-refractivity contribution in [1.82, 2.24) is 10.5 Å². The Bertz CT molecular complexity index is 2620. The molecule has 1 aliphatic heterocycles. The highest BCUT2D eigenvalue weighted by Crippen LogP contribution is 2.47. The van der Waals surface area contributed by atoms with Gasteiger partial charge in [-0.05, 0) is 56.0 Å². The van der Waals surface area contributed by atoms with Crippen molar-refractivity contribution in [2.45, 2.75) is 30.6 Å². The van der Waals surface area contributed by atoms with Gasteiger partial charge in [0, 0.05) is 62.3 Å². The molecule has 63 heavy (non-hydrogen) atoms. The number of benzene rings is 4. The molecule has 20 nitrogen and oxygen atoms in total. The maximum atomic E-state index is 14.0. The Morgan fingerprint density at radius 1 is 0.873 bits per heavy atom. The van der Waals surface area contributed by atoms with Gasteiger partial charge in [0.05, 0.1) is 75.5 Å². The molecular weight excluding hydrogens is 843 g/mol. The van der Waals surface area contributed by atoms with Crippen molar-refractivity contribution >= 4 is 66.8 Å². The number of nitro benzene ring substituents is 2. The summed E-state index contributed by atoms with van der Waals surface area (Å²) in [6.07, 6.45) is 2.53. The second-order valence-electron chi connectivity index (χ2n) is 14.8. The fraction of sp³-hybridized carbons (Fsp3) is 0.357. The van der Waals surface area contributed by atoms with Crippen LogP contribution < -0.4 is 20.9 Å². The zero-order valence-corrected chi connectivity index (χ0v) is 34.8. The van der Waals surface area contributed by atoms with Crippen LogP contribution in [0, 0.1) is 26.1 Å². The number of hydrogen-bond acceptors (Lipinski definition) is 16. The van der Waals surface area contributed by atoms with E-state index in [2.05, 4.69) is 26.0 Å². The number of carbonyl (C=O) groups is 2. The zero-order chi connectivity index (χ0) is 44.5. The van der Waals surface area contributed by atoms with E-state index in [0.29, 0.717) is 135 Å². The van der Waals surface area contributed by atoms with E-state index in [9.17, 15) is 42.8 Å². The average molecular weight is 888 g/mol. The van der Waals surface area contributed by atoms with Crippen molar-refractivity contribution in [3.05, 3.63) is 104 Å². The number of nitrogens with one attached hydrogen (secondary N) is 3. The van der Waals surface area contributed by atoms with Crippen molar-refractivity contribution in [2.75, 3.05) is 81.4 Å². The van der Waals surface area contributed by atoms with Gasteiger partial charge in [0.1, 0.15) is 11.2 Å². The number of carbonyl (C=O) groups excluding carboxylic acids is 2. The van der Waals surface area contributed by atoms with Gasteiger partial charge in [-0.2, -0.15) is 8.42 Å². The quantitative estimate of drug-likeness (QED) is 0.0259. The van der Waals surface area contributed by atoms with Crippen molar-refractivity contribution < 1.29 is 51.1 Å². The van der Waals surface area contributed by atoms with Crippen molar-refractivity contribution in [3.8, 4) is 11.3 Å². The monoisotopic (exact) mass is 887 g/mol. The average Bonchev–Trinajstić information content (AvgIpc) is 3.72. The number of ether oxygens (including phenoxy) is 3. The molecule has 1 aliphatic carbocycles. The van der Waals surface area contributed by atoms with E-state index < -0.39 is 20.0 Å². The summed E-state index contributed by atoms with van der Waals surface area (Å²) in [7, 11) is -4.49. The number of nitro groups is 2. The van der Waals surface area contributed by atoms with Gasteiger partial charge in [-0.15, -0.1) is 0 Å². The molecule has 7 rings (SSSR count). The van der Waals surface area contributed by atoms with Gasteiger partial charge in [-0.1, -0.05) is 35.5 Å². The number of amides is 1. The molecule has 1 atom stereocenters. The molecule has 4 aromatic carbocycles. The molecule has 1 amide bonds. The highest BCUT2D eigenvalue weighted by Gasteiger charge is 2.35. The minimum atomic E-state index is -4.49. The predicted octanol–water partition coefficient (Wildman–Crippen LogP) is 6.12. The summed E-state index contributed by atoms with van der Waals surface area (Å²) in [5.74, 6) is -0.251. The van der Waals surface area contributed by atoms with Gasteiger partial charge in [0.25, 0.3) is 21.5 Å². The molecule has 332 valence electrons. The predicted molar refractivity (Wildman–Crippen MR) is 230 cm³/mol. The van der Waals surface area contributed by atoms with E-state index in [0.717, 1.165) is 12.5 Å². The molecule has 0 radical (unpaired) electrons. The van der Waals surface area contributed by atoms with E-state index in [1.807, 2.05) is 6.07 Å². The van der Waals surface area contributed by atoms with Gasteiger partial charge >= 0.3 is 0 Å². The number of nitrogens with zero attached hydrogens (tertiary/aromatic N) is 4. The summed E-state index contributed by atoms with van der Waals surface area (Å²) in [6, 6.07) is 17.9. The minimum absolute atomic E-state index is 0.0919. The van der Waals surface area contributed by atoms with E-state index >= 15 is 0 Å². The van der Waals surface area contributed by atoms with Gasteiger partial charge in [0.15, 0.2) is 11.5 Å². The lowest BCUT2D eigenvalue weighted by molar-refractivity contribution is -0.393. The second kappa shape index (κ2) is 20.1. The fourth-order valence-electron chi connectivity index (χ4n) is 7.59. The number of rotatable bonds is 22. The Labute approximate surface area is 360 Å². The van der Waals surface area contributed by atoms with E-state index in [1.165, 1.54) is 30.3 Å². The standard InChI is InChI=1S/C42H45N7O13S/c50-40-31-10-1-2-11-32(31)41-38-37(40)34(45-28-8-3-9-30(23-28)63(56,57)58)25-36(39(38)46-62-41)47-16-4-7-27(26-47)42(51)44-15-6-18-60-20-22-61-21-19-59-17-5-14-43-33-13-12-29(48(52)53)24-35(33)49(54)55/h1-3,8-13,23-25,27,43,45H,4-7,14-22,26H2,(H,44,51)(H,56,57,58)/t27-/m0/s1. The van der Waals surface area contributed by atoms with Crippen LogP contribution in [0.2, 0.25) is 0 Å². The first-order valence-corrected chi connectivity index (χ1v) is 21.7. The fourth-order valence-corrected chi connectivity index (χ4v) is 8.11. The summed E-state index contributed by atoms with van der Waals surface area (Å²) >= 11 is 0. The highest BCUT2D eigenvalue weighted by atomic mass is 32.2. The molecule has 0 bridgehead atoms. The summed E-state index contributed by atoms with van der Waals surface area (Å²) in [5, 5.41) is 36.2. The first-order valence-electron chi connectivity index (χ1n) is 20.3. The number of non-ortho nitro benzene ring substituents is 1. The van der Waals surface area contributed by atoms with Gasteiger partial charge in [0.2, 0.25) is 5.91 Å². The van der Waals surface area contributed by atoms with Gasteiger partial charge in [-0.3, -0.25) is 34.4 Å². The van der Waals surface area contributed by atoms with Crippen LogP contribution in [0.1, 0.15) is 41.6 Å². The van der Waals surface area contributed by atoms with Gasteiger partial charge in [-0.25, -0.2) is 0 Å². The first-order chi connectivity index (χ1) is 30.4. The van der Waals surface area contributed by atoms with Crippen LogP contribution in [-0.2, 0) is 29.1 Å². The summed E-state index contributed by atoms with van der Waals surface area (Å²) in [6.45, 7) is 4.00. The van der Waals surface area contributed by atoms with Crippen LogP contribution in [-0.4, -0.2) is 105 Å². The van der Waals surface area contributed by atoms with Crippen LogP contribution in [0.15, 0.2) is 82.2 Å². The first kappa shape index (κ1) is 44.5. The number of piperidine rings is 1. The zero-order valence-electron chi connectivity index (χ0n) is 33.9. The van der Waals surface area contributed by atoms with Crippen LogP contribution in [0.5, 0.6) is 0 Å². The van der Waals surface area contributed by atoms with Crippen molar-refractivity contribution in [2.24, 2.45) is 5.92 Å². The Kier molecular flexibility index (Phi) is 14.2. The van der Waals surface area contributed by atoms with Crippen LogP contribution in [0.3, 0.4) is 0 Å². The lowest BCUT2D eigenvalue weighted by Crippen LogP contribution is -2.43. The van der Waals surface area contributed by atoms with Crippen molar-refractivity contribution in [3.63, 3.8) is 0 Å². The van der Waals surface area contributed by atoms with Crippen LogP contribution >= 0.6 is 0 Å². The largest absolute Gasteiger partial charge is 0.379 e. The third-order valence-electron chi connectivity index (χ3n) is 10.6. The molecular formula is C42H45N7O13S. The number of hydrogen-bond donors (Lipinski definition) is 4. The Balaban J connectivity index is 0.846. The van der Waals surface area contributed by atoms with Crippen LogP contribution in [0.4, 0.5) is 34.1 Å². The molecule has 2 heterocycles. The maximum absolute atomic E-state index is 14.0. The third-order valence-corrected chi connectivity index (χ3v) is 11.5. The minimum Gasteiger partial charge on any atom is -0.379 e. The summed E-state index contributed by atoms with van der Waals surface area (Å²) in [4.78, 5) is 50.0. The molecule has 0 unspecified atom stereocenters. The molecule has 1 fully saturated rings.